The molecule has 0 aliphatic rings. The maximum Gasteiger partial charge on any atom is 0.128 e. The molecule has 0 saturated carbocycles. The first-order chi connectivity index (χ1) is 9.96. The van der Waals surface area contributed by atoms with Gasteiger partial charge in [-0.15, -0.1) is 0 Å². The van der Waals surface area contributed by atoms with E-state index in [2.05, 4.69) is 39.0 Å². The van der Waals surface area contributed by atoms with E-state index in [0.29, 0.717) is 17.0 Å². The summed E-state index contributed by atoms with van der Waals surface area (Å²) in [6.45, 7) is 6.63. The van der Waals surface area contributed by atoms with Gasteiger partial charge < -0.3 is 10.5 Å². The van der Waals surface area contributed by atoms with Crippen molar-refractivity contribution in [3.63, 3.8) is 0 Å². The zero-order chi connectivity index (χ0) is 15.5. The number of nitrogens with two attached hydrogens (primary N) is 1. The summed E-state index contributed by atoms with van der Waals surface area (Å²) < 4.78 is 5.77. The first kappa shape index (κ1) is 14.9. The molecule has 0 unspecified atom stereocenters. The van der Waals surface area contributed by atoms with Crippen LogP contribution in [-0.4, -0.2) is 0 Å². The second-order valence-electron chi connectivity index (χ2n) is 5.72. The van der Waals surface area contributed by atoms with Gasteiger partial charge in [0.15, 0.2) is 0 Å². The van der Waals surface area contributed by atoms with Gasteiger partial charge in [-0.3, -0.25) is 0 Å². The van der Waals surface area contributed by atoms with Crippen molar-refractivity contribution >= 4 is 5.69 Å². The van der Waals surface area contributed by atoms with E-state index >= 15 is 0 Å². The molecule has 0 fully saturated rings. The minimum atomic E-state index is 0.160. The smallest absolute Gasteiger partial charge is 0.128 e. The average Bonchev–Trinajstić information content (AvgIpc) is 2.49. The lowest BCUT2D eigenvalue weighted by Crippen LogP contribution is -2.14. The molecule has 2 rings (SSSR count). The second kappa shape index (κ2) is 5.88. The fourth-order valence-electron chi connectivity index (χ4n) is 2.01. The quantitative estimate of drug-likeness (QED) is 0.831. The topological polar surface area (TPSA) is 59.0 Å². The molecule has 0 heterocycles. The monoisotopic (exact) mass is 280 g/mol. The summed E-state index contributed by atoms with van der Waals surface area (Å²) in [7, 11) is 0. The van der Waals surface area contributed by atoms with Crippen LogP contribution in [0.25, 0.3) is 0 Å². The van der Waals surface area contributed by atoms with Gasteiger partial charge in [0.25, 0.3) is 0 Å². The molecule has 0 saturated heterocycles. The highest BCUT2D eigenvalue weighted by Crippen LogP contribution is 2.30. The molecule has 2 aromatic carbocycles. The van der Waals surface area contributed by atoms with Crippen molar-refractivity contribution in [2.75, 3.05) is 5.73 Å². The molecule has 0 aliphatic carbocycles. The van der Waals surface area contributed by atoms with Gasteiger partial charge in [0, 0.05) is 11.8 Å². The molecule has 3 heteroatoms. The molecular formula is C18H20N2O. The summed E-state index contributed by atoms with van der Waals surface area (Å²) in [6.07, 6.45) is 1.08. The lowest BCUT2D eigenvalue weighted by molar-refractivity contribution is 0.478. The number of nitrogen functional groups attached to an aromatic ring is 1. The molecule has 2 aromatic rings. The lowest BCUT2D eigenvalue weighted by atomic mass is 9.82. The third-order valence-corrected chi connectivity index (χ3v) is 3.90. The van der Waals surface area contributed by atoms with Crippen molar-refractivity contribution in [3.8, 4) is 17.6 Å². The SMILES string of the molecule is CCC(C)(C)c1ccc(Oc2ccc(N)c(C#N)c2)cc1. The number of rotatable bonds is 4. The lowest BCUT2D eigenvalue weighted by Gasteiger charge is -2.23. The largest absolute Gasteiger partial charge is 0.457 e. The summed E-state index contributed by atoms with van der Waals surface area (Å²) in [5, 5.41) is 8.98. The molecule has 2 N–H and O–H groups in total. The van der Waals surface area contributed by atoms with E-state index in [-0.39, 0.29) is 5.41 Å². The maximum absolute atomic E-state index is 8.98. The summed E-state index contributed by atoms with van der Waals surface area (Å²) in [5.41, 5.74) is 8.03. The van der Waals surface area contributed by atoms with Crippen LogP contribution in [0, 0.1) is 11.3 Å². The Bertz CT molecular complexity index is 667. The first-order valence-electron chi connectivity index (χ1n) is 7.04. The molecule has 0 bridgehead atoms. The van der Waals surface area contributed by atoms with Crippen LogP contribution in [0.5, 0.6) is 11.5 Å². The molecule has 0 atom stereocenters. The zero-order valence-corrected chi connectivity index (χ0v) is 12.7. The normalized spacial score (nSPS) is 11.0. The van der Waals surface area contributed by atoms with Crippen LogP contribution in [-0.2, 0) is 5.41 Å². The number of anilines is 1. The molecule has 21 heavy (non-hydrogen) atoms. The van der Waals surface area contributed by atoms with E-state index in [0.717, 1.165) is 12.2 Å². The van der Waals surface area contributed by atoms with Gasteiger partial charge in [-0.25, -0.2) is 0 Å². The molecule has 0 spiro atoms. The molecule has 0 aliphatic heterocycles. The molecule has 0 radical (unpaired) electrons. The highest BCUT2D eigenvalue weighted by Gasteiger charge is 2.17. The summed E-state index contributed by atoms with van der Waals surface area (Å²) in [5.74, 6) is 1.36. The summed E-state index contributed by atoms with van der Waals surface area (Å²) in [4.78, 5) is 0. The highest BCUT2D eigenvalue weighted by atomic mass is 16.5. The van der Waals surface area contributed by atoms with Crippen molar-refractivity contribution in [3.05, 3.63) is 53.6 Å². The Kier molecular flexibility index (Phi) is 4.18. The number of nitrogens with zero attached hydrogens (tertiary/aromatic N) is 1. The van der Waals surface area contributed by atoms with Crippen molar-refractivity contribution in [1.29, 1.82) is 5.26 Å². The number of nitriles is 1. The van der Waals surface area contributed by atoms with Gasteiger partial charge in [-0.2, -0.15) is 5.26 Å². The predicted molar refractivity (Wildman–Crippen MR) is 85.4 cm³/mol. The van der Waals surface area contributed by atoms with E-state index in [9.17, 15) is 0 Å². The Morgan fingerprint density at radius 1 is 1.10 bits per heavy atom. The number of hydrogen-bond acceptors (Lipinski definition) is 3. The molecule has 108 valence electrons. The minimum absolute atomic E-state index is 0.160. The second-order valence-corrected chi connectivity index (χ2v) is 5.72. The Morgan fingerprint density at radius 2 is 1.71 bits per heavy atom. The van der Waals surface area contributed by atoms with Crippen LogP contribution >= 0.6 is 0 Å². The van der Waals surface area contributed by atoms with Crippen molar-refractivity contribution in [1.82, 2.24) is 0 Å². The third kappa shape index (κ3) is 3.35. The predicted octanol–water partition coefficient (Wildman–Crippen LogP) is 4.62. The van der Waals surface area contributed by atoms with Gasteiger partial charge >= 0.3 is 0 Å². The Morgan fingerprint density at radius 3 is 2.29 bits per heavy atom. The fraction of sp³-hybridized carbons (Fsp3) is 0.278. The van der Waals surface area contributed by atoms with Crippen LogP contribution in [0.1, 0.15) is 38.3 Å². The number of benzene rings is 2. The molecule has 0 aromatic heterocycles. The molecule has 0 amide bonds. The van der Waals surface area contributed by atoms with Crippen LogP contribution in [0.3, 0.4) is 0 Å². The van der Waals surface area contributed by atoms with Crippen molar-refractivity contribution < 1.29 is 4.74 Å². The third-order valence-electron chi connectivity index (χ3n) is 3.90. The maximum atomic E-state index is 8.98. The molecular weight excluding hydrogens is 260 g/mol. The molecule has 3 nitrogen and oxygen atoms in total. The number of ether oxygens (including phenoxy) is 1. The van der Waals surface area contributed by atoms with Crippen LogP contribution in [0.4, 0.5) is 5.69 Å². The fourth-order valence-corrected chi connectivity index (χ4v) is 2.01. The first-order valence-corrected chi connectivity index (χ1v) is 7.04. The van der Waals surface area contributed by atoms with Crippen LogP contribution < -0.4 is 10.5 Å². The van der Waals surface area contributed by atoms with E-state index in [1.165, 1.54) is 5.56 Å². The summed E-state index contributed by atoms with van der Waals surface area (Å²) >= 11 is 0. The minimum Gasteiger partial charge on any atom is -0.457 e. The van der Waals surface area contributed by atoms with E-state index in [1.54, 1.807) is 18.2 Å². The van der Waals surface area contributed by atoms with E-state index < -0.39 is 0 Å². The van der Waals surface area contributed by atoms with Crippen LogP contribution in [0.2, 0.25) is 0 Å². The van der Waals surface area contributed by atoms with Gasteiger partial charge in [0.1, 0.15) is 17.6 Å². The van der Waals surface area contributed by atoms with Crippen molar-refractivity contribution in [2.24, 2.45) is 0 Å². The Hall–Kier alpha value is -2.47. The van der Waals surface area contributed by atoms with Crippen molar-refractivity contribution in [2.45, 2.75) is 32.6 Å². The zero-order valence-electron chi connectivity index (χ0n) is 12.7. The number of hydrogen-bond donors (Lipinski definition) is 1. The Balaban J connectivity index is 2.20. The van der Waals surface area contributed by atoms with E-state index in [4.69, 9.17) is 15.7 Å². The summed E-state index contributed by atoms with van der Waals surface area (Å²) in [6, 6.07) is 15.2. The standard InChI is InChI=1S/C18H20N2O/c1-4-18(2,3)14-5-7-15(8-6-14)21-16-9-10-17(20)13(11-16)12-19/h5-11H,4,20H2,1-3H3. The van der Waals surface area contributed by atoms with Gasteiger partial charge in [0.05, 0.1) is 5.56 Å². The Labute approximate surface area is 126 Å². The van der Waals surface area contributed by atoms with Gasteiger partial charge in [-0.1, -0.05) is 32.9 Å². The average molecular weight is 280 g/mol. The van der Waals surface area contributed by atoms with Crippen LogP contribution in [0.15, 0.2) is 42.5 Å². The van der Waals surface area contributed by atoms with E-state index in [1.807, 2.05) is 12.1 Å². The van der Waals surface area contributed by atoms with Gasteiger partial charge in [-0.05, 0) is 41.7 Å². The highest BCUT2D eigenvalue weighted by molar-refractivity contribution is 5.57. The van der Waals surface area contributed by atoms with Gasteiger partial charge in [0.2, 0.25) is 0 Å².